The van der Waals surface area contributed by atoms with Gasteiger partial charge in [-0.25, -0.2) is 0 Å². The standard InChI is InChI=1S/C11H11NO3/c1-7(13)8-3-4-10-9(5-8)12(2)11(14)6-15-10/h3-5H,6H2,1-2H3. The molecule has 4 nitrogen and oxygen atoms in total. The van der Waals surface area contributed by atoms with Gasteiger partial charge in [0, 0.05) is 12.6 Å². The zero-order valence-corrected chi connectivity index (χ0v) is 8.61. The number of benzene rings is 1. The van der Waals surface area contributed by atoms with Gasteiger partial charge < -0.3 is 9.64 Å². The maximum Gasteiger partial charge on any atom is 0.264 e. The van der Waals surface area contributed by atoms with Crippen molar-refractivity contribution in [3.63, 3.8) is 0 Å². The van der Waals surface area contributed by atoms with E-state index >= 15 is 0 Å². The first-order chi connectivity index (χ1) is 7.09. The topological polar surface area (TPSA) is 46.6 Å². The molecule has 0 atom stereocenters. The summed E-state index contributed by atoms with van der Waals surface area (Å²) in [6.07, 6.45) is 0. The number of fused-ring (bicyclic) bond motifs is 1. The minimum Gasteiger partial charge on any atom is -0.482 e. The van der Waals surface area contributed by atoms with E-state index < -0.39 is 0 Å². The average molecular weight is 205 g/mol. The van der Waals surface area contributed by atoms with Crippen LogP contribution < -0.4 is 9.64 Å². The van der Waals surface area contributed by atoms with Crippen molar-refractivity contribution < 1.29 is 14.3 Å². The van der Waals surface area contributed by atoms with Crippen LogP contribution in [0, 0.1) is 0 Å². The Bertz CT molecular complexity index is 439. The fourth-order valence-electron chi connectivity index (χ4n) is 1.49. The maximum absolute atomic E-state index is 11.4. The molecule has 0 bridgehead atoms. The van der Waals surface area contributed by atoms with Crippen molar-refractivity contribution in [2.24, 2.45) is 0 Å². The van der Waals surface area contributed by atoms with Crippen LogP contribution in [0.4, 0.5) is 5.69 Å². The second kappa shape index (κ2) is 3.38. The molecule has 1 heterocycles. The molecular formula is C11H11NO3. The summed E-state index contributed by atoms with van der Waals surface area (Å²) >= 11 is 0. The molecule has 0 unspecified atom stereocenters. The molecule has 0 aliphatic carbocycles. The molecule has 0 saturated heterocycles. The van der Waals surface area contributed by atoms with Crippen LogP contribution in [0.1, 0.15) is 17.3 Å². The van der Waals surface area contributed by atoms with Crippen LogP contribution in [-0.4, -0.2) is 25.3 Å². The largest absolute Gasteiger partial charge is 0.482 e. The minimum atomic E-state index is -0.108. The highest BCUT2D eigenvalue weighted by atomic mass is 16.5. The van der Waals surface area contributed by atoms with Gasteiger partial charge in [0.1, 0.15) is 5.75 Å². The van der Waals surface area contributed by atoms with Gasteiger partial charge in [-0.2, -0.15) is 0 Å². The van der Waals surface area contributed by atoms with Crippen molar-refractivity contribution in [2.45, 2.75) is 6.92 Å². The normalized spacial score (nSPS) is 14.5. The average Bonchev–Trinajstić information content (AvgIpc) is 2.23. The number of hydrogen-bond acceptors (Lipinski definition) is 3. The van der Waals surface area contributed by atoms with Crippen LogP contribution in [0.5, 0.6) is 5.75 Å². The molecular weight excluding hydrogens is 194 g/mol. The minimum absolute atomic E-state index is 0.0239. The van der Waals surface area contributed by atoms with Crippen molar-refractivity contribution in [1.29, 1.82) is 0 Å². The van der Waals surface area contributed by atoms with Gasteiger partial charge in [-0.05, 0) is 25.1 Å². The van der Waals surface area contributed by atoms with Crippen molar-refractivity contribution in [1.82, 2.24) is 0 Å². The van der Waals surface area contributed by atoms with Crippen molar-refractivity contribution in [2.75, 3.05) is 18.6 Å². The molecule has 1 aliphatic heterocycles. The maximum atomic E-state index is 11.4. The molecule has 0 N–H and O–H groups in total. The highest BCUT2D eigenvalue weighted by Crippen LogP contribution is 2.31. The lowest BCUT2D eigenvalue weighted by atomic mass is 10.1. The van der Waals surface area contributed by atoms with Gasteiger partial charge in [0.25, 0.3) is 5.91 Å². The predicted molar refractivity (Wildman–Crippen MR) is 55.4 cm³/mol. The summed E-state index contributed by atoms with van der Waals surface area (Å²) < 4.78 is 5.24. The van der Waals surface area contributed by atoms with Crippen LogP contribution >= 0.6 is 0 Å². The third kappa shape index (κ3) is 1.58. The smallest absolute Gasteiger partial charge is 0.264 e. The lowest BCUT2D eigenvalue weighted by Crippen LogP contribution is -2.35. The number of nitrogens with zero attached hydrogens (tertiary/aromatic N) is 1. The summed E-state index contributed by atoms with van der Waals surface area (Å²) in [5.41, 5.74) is 1.23. The zero-order valence-electron chi connectivity index (χ0n) is 8.61. The SMILES string of the molecule is CC(=O)c1ccc2c(c1)N(C)C(=O)CO2. The second-order valence-corrected chi connectivity index (χ2v) is 3.48. The summed E-state index contributed by atoms with van der Waals surface area (Å²) in [6, 6.07) is 5.09. The number of ether oxygens (including phenoxy) is 1. The first kappa shape index (κ1) is 9.71. The molecule has 4 heteroatoms. The summed E-state index contributed by atoms with van der Waals surface area (Å²) in [7, 11) is 1.67. The molecule has 0 radical (unpaired) electrons. The molecule has 0 aromatic heterocycles. The van der Waals surface area contributed by atoms with Gasteiger partial charge in [0.15, 0.2) is 12.4 Å². The first-order valence-corrected chi connectivity index (χ1v) is 4.64. The molecule has 2 rings (SSSR count). The molecule has 0 saturated carbocycles. The monoisotopic (exact) mass is 205 g/mol. The number of ketones is 1. The number of carbonyl (C=O) groups is 2. The lowest BCUT2D eigenvalue weighted by molar-refractivity contribution is -0.120. The highest BCUT2D eigenvalue weighted by molar-refractivity contribution is 6.00. The van der Waals surface area contributed by atoms with Crippen LogP contribution in [0.15, 0.2) is 18.2 Å². The van der Waals surface area contributed by atoms with E-state index in [0.717, 1.165) is 0 Å². The Kier molecular flexibility index (Phi) is 2.19. The van der Waals surface area contributed by atoms with Crippen molar-refractivity contribution >= 4 is 17.4 Å². The molecule has 15 heavy (non-hydrogen) atoms. The summed E-state index contributed by atoms with van der Waals surface area (Å²) in [5.74, 6) is 0.509. The highest BCUT2D eigenvalue weighted by Gasteiger charge is 2.22. The predicted octanol–water partition coefficient (Wildman–Crippen LogP) is 1.24. The van der Waals surface area contributed by atoms with Gasteiger partial charge in [0.05, 0.1) is 5.69 Å². The van der Waals surface area contributed by atoms with Gasteiger partial charge in [-0.15, -0.1) is 0 Å². The number of anilines is 1. The van der Waals surface area contributed by atoms with E-state index in [2.05, 4.69) is 0 Å². The fraction of sp³-hybridized carbons (Fsp3) is 0.273. The van der Waals surface area contributed by atoms with Crippen LogP contribution in [0.3, 0.4) is 0 Å². The Hall–Kier alpha value is -1.84. The first-order valence-electron chi connectivity index (χ1n) is 4.64. The van der Waals surface area contributed by atoms with E-state index in [1.807, 2.05) is 0 Å². The van der Waals surface area contributed by atoms with E-state index in [9.17, 15) is 9.59 Å². The van der Waals surface area contributed by atoms with E-state index in [0.29, 0.717) is 17.0 Å². The van der Waals surface area contributed by atoms with Gasteiger partial charge in [-0.1, -0.05) is 0 Å². The molecule has 1 aromatic carbocycles. The third-order valence-corrected chi connectivity index (χ3v) is 2.45. The third-order valence-electron chi connectivity index (χ3n) is 2.45. The van der Waals surface area contributed by atoms with Gasteiger partial charge in [0.2, 0.25) is 0 Å². The Morgan fingerprint density at radius 1 is 1.47 bits per heavy atom. The Balaban J connectivity index is 2.50. The van der Waals surface area contributed by atoms with E-state index in [1.165, 1.54) is 11.8 Å². The Morgan fingerprint density at radius 3 is 2.87 bits per heavy atom. The van der Waals surface area contributed by atoms with Crippen LogP contribution in [0.2, 0.25) is 0 Å². The van der Waals surface area contributed by atoms with E-state index in [-0.39, 0.29) is 18.3 Å². The molecule has 0 fully saturated rings. The van der Waals surface area contributed by atoms with Crippen molar-refractivity contribution in [3.05, 3.63) is 23.8 Å². The quantitative estimate of drug-likeness (QED) is 0.648. The molecule has 1 aromatic rings. The second-order valence-electron chi connectivity index (χ2n) is 3.48. The molecule has 78 valence electrons. The van der Waals surface area contributed by atoms with Crippen LogP contribution in [-0.2, 0) is 4.79 Å². The van der Waals surface area contributed by atoms with Gasteiger partial charge in [-0.3, -0.25) is 9.59 Å². The molecule has 1 amide bonds. The number of hydrogen-bond donors (Lipinski definition) is 0. The fourth-order valence-corrected chi connectivity index (χ4v) is 1.49. The van der Waals surface area contributed by atoms with E-state index in [4.69, 9.17) is 4.74 Å². The number of Topliss-reactive ketones (excluding diaryl/α,β-unsaturated/α-hetero) is 1. The van der Waals surface area contributed by atoms with E-state index in [1.54, 1.807) is 25.2 Å². The zero-order chi connectivity index (χ0) is 11.0. The Labute approximate surface area is 87.4 Å². The summed E-state index contributed by atoms with van der Waals surface area (Å²) in [6.45, 7) is 1.55. The Morgan fingerprint density at radius 2 is 2.20 bits per heavy atom. The molecule has 0 spiro atoms. The summed E-state index contributed by atoms with van der Waals surface area (Å²) in [4.78, 5) is 24.0. The van der Waals surface area contributed by atoms with Gasteiger partial charge >= 0.3 is 0 Å². The number of rotatable bonds is 1. The van der Waals surface area contributed by atoms with Crippen molar-refractivity contribution in [3.8, 4) is 5.75 Å². The number of carbonyl (C=O) groups excluding carboxylic acids is 2. The van der Waals surface area contributed by atoms with Crippen LogP contribution in [0.25, 0.3) is 0 Å². The number of likely N-dealkylation sites (N-methyl/N-ethyl adjacent to an activating group) is 1. The summed E-state index contributed by atoms with van der Waals surface area (Å²) in [5, 5.41) is 0. The lowest BCUT2D eigenvalue weighted by Gasteiger charge is -2.26. The molecule has 1 aliphatic rings. The number of amides is 1.